The molecule has 0 saturated carbocycles. The highest BCUT2D eigenvalue weighted by Crippen LogP contribution is 2.61. The van der Waals surface area contributed by atoms with E-state index < -0.39 is 88.7 Å². The van der Waals surface area contributed by atoms with E-state index >= 15 is 0 Å². The highest BCUT2D eigenvalue weighted by molar-refractivity contribution is 7.61. The Morgan fingerprint density at radius 1 is 1.06 bits per heavy atom. The molecule has 0 aromatic carbocycles. The molecule has 1 aromatic rings. The van der Waals surface area contributed by atoms with Gasteiger partial charge in [-0.25, -0.2) is 13.9 Å². The lowest BCUT2D eigenvalue weighted by Crippen LogP contribution is -2.37. The summed E-state index contributed by atoms with van der Waals surface area (Å²) in [5, 5.41) is 49.3. The van der Waals surface area contributed by atoms with Crippen LogP contribution in [0.15, 0.2) is 21.9 Å². The van der Waals surface area contributed by atoms with Crippen LogP contribution in [0, 0.1) is 0 Å². The van der Waals surface area contributed by atoms with E-state index in [4.69, 9.17) is 9.47 Å². The molecule has 200 valence electrons. The molecule has 3 rings (SSSR count). The van der Waals surface area contributed by atoms with Crippen LogP contribution >= 0.6 is 15.6 Å². The number of aromatic nitrogens is 2. The fraction of sp³-hybridized carbons (Fsp3) is 0.733. The molecule has 35 heavy (non-hydrogen) atoms. The number of nitrogens with one attached hydrogen (secondary N) is 1. The molecule has 0 radical (unpaired) electrons. The number of H-pyrrole nitrogens is 1. The van der Waals surface area contributed by atoms with Crippen LogP contribution in [0.3, 0.4) is 0 Å². The average molecular weight is 550 g/mol. The number of phosphoric acid groups is 2. The Bertz CT molecular complexity index is 1110. The predicted molar refractivity (Wildman–Crippen MR) is 107 cm³/mol. The van der Waals surface area contributed by atoms with Crippen molar-refractivity contribution in [3.05, 3.63) is 33.1 Å². The first-order chi connectivity index (χ1) is 16.1. The first-order valence-corrected chi connectivity index (χ1v) is 12.8. The van der Waals surface area contributed by atoms with Gasteiger partial charge in [-0.15, -0.1) is 0 Å². The minimum Gasteiger partial charge on any atom is -0.391 e. The van der Waals surface area contributed by atoms with Gasteiger partial charge in [0, 0.05) is 12.3 Å². The van der Waals surface area contributed by atoms with E-state index in [0.29, 0.717) is 0 Å². The van der Waals surface area contributed by atoms with Crippen molar-refractivity contribution in [2.24, 2.45) is 0 Å². The van der Waals surface area contributed by atoms with Crippen molar-refractivity contribution in [1.29, 1.82) is 0 Å². The zero-order valence-corrected chi connectivity index (χ0v) is 19.5. The van der Waals surface area contributed by atoms with Crippen LogP contribution in [0.4, 0.5) is 0 Å². The average Bonchev–Trinajstić information content (AvgIpc) is 3.16. The van der Waals surface area contributed by atoms with Crippen molar-refractivity contribution in [3.8, 4) is 0 Å². The fourth-order valence-electron chi connectivity index (χ4n) is 3.35. The maximum atomic E-state index is 12.1. The van der Waals surface area contributed by atoms with Crippen molar-refractivity contribution in [2.45, 2.75) is 62.2 Å². The second-order valence-electron chi connectivity index (χ2n) is 7.67. The number of rotatable bonds is 9. The molecule has 2 aliphatic heterocycles. The number of phosphoric ester groups is 2. The normalized spacial score (nSPS) is 37.6. The SMILES string of the molecule is C[C@@H](O)[C@@H]1OC(OP(=O)(O)OP(=O)(O)OC[C@H]2O[C@@H](n3ccc(=O)[nH]c3=O)[C@H](O)[C@@H]2O)[C@H](O)[C@H]1O. The van der Waals surface area contributed by atoms with Gasteiger partial charge in [0.15, 0.2) is 12.5 Å². The predicted octanol–water partition coefficient (Wildman–Crippen LogP) is -3.77. The number of hydrogen-bond acceptors (Lipinski definition) is 14. The Kier molecular flexibility index (Phi) is 8.52. The van der Waals surface area contributed by atoms with Gasteiger partial charge in [-0.3, -0.25) is 23.4 Å². The summed E-state index contributed by atoms with van der Waals surface area (Å²) in [4.78, 5) is 44.5. The van der Waals surface area contributed by atoms with E-state index in [1.807, 2.05) is 4.98 Å². The molecule has 2 saturated heterocycles. The van der Waals surface area contributed by atoms with E-state index in [1.54, 1.807) is 0 Å². The van der Waals surface area contributed by atoms with Crippen molar-refractivity contribution >= 4 is 15.6 Å². The Balaban J connectivity index is 1.60. The van der Waals surface area contributed by atoms with Gasteiger partial charge in [0.25, 0.3) is 5.56 Å². The van der Waals surface area contributed by atoms with Gasteiger partial charge >= 0.3 is 21.3 Å². The Morgan fingerprint density at radius 2 is 1.71 bits per heavy atom. The molecular weight excluding hydrogens is 526 g/mol. The molecule has 0 amide bonds. The molecule has 20 heteroatoms. The van der Waals surface area contributed by atoms with Gasteiger partial charge in [0.1, 0.15) is 36.6 Å². The van der Waals surface area contributed by atoms with Crippen molar-refractivity contribution in [3.63, 3.8) is 0 Å². The van der Waals surface area contributed by atoms with Crippen molar-refractivity contribution in [2.75, 3.05) is 6.61 Å². The van der Waals surface area contributed by atoms with E-state index in [2.05, 4.69) is 13.4 Å². The molecule has 0 bridgehead atoms. The molecule has 18 nitrogen and oxygen atoms in total. The molecule has 0 aliphatic carbocycles. The summed E-state index contributed by atoms with van der Waals surface area (Å²) in [6.07, 6.45) is -14.0. The zero-order chi connectivity index (χ0) is 26.3. The summed E-state index contributed by atoms with van der Waals surface area (Å²) in [5.41, 5.74) is -1.72. The van der Waals surface area contributed by atoms with Crippen LogP contribution in [0.1, 0.15) is 13.2 Å². The summed E-state index contributed by atoms with van der Waals surface area (Å²) < 4.78 is 48.2. The molecule has 3 unspecified atom stereocenters. The minimum absolute atomic E-state index is 0.736. The Morgan fingerprint density at radius 3 is 2.29 bits per heavy atom. The summed E-state index contributed by atoms with van der Waals surface area (Å²) in [5.74, 6) is 0. The quantitative estimate of drug-likeness (QED) is 0.137. The van der Waals surface area contributed by atoms with Crippen LogP contribution in [-0.2, 0) is 32.0 Å². The van der Waals surface area contributed by atoms with Crippen LogP contribution in [0.2, 0.25) is 0 Å². The van der Waals surface area contributed by atoms with Gasteiger partial charge in [-0.05, 0) is 6.92 Å². The van der Waals surface area contributed by atoms with Crippen LogP contribution in [0.25, 0.3) is 0 Å². The standard InChI is InChI=1S/C15H24N2O16P2/c1-5(18)12-9(21)11(23)14(31-12)32-35(27,28)33-34(25,26)29-4-6-8(20)10(22)13(30-6)17-3-2-7(19)16-15(17)24/h2-3,5-6,8-14,18,20-23H,4H2,1H3,(H,25,26)(H,27,28)(H,16,19,24)/t5-,6-,8-,9-,10-,11-,12+,13-,14?/m1/s1. The van der Waals surface area contributed by atoms with Crippen LogP contribution in [-0.4, -0.2) is 100 Å². The van der Waals surface area contributed by atoms with E-state index in [9.17, 15) is 54.0 Å². The maximum absolute atomic E-state index is 12.1. The highest BCUT2D eigenvalue weighted by Gasteiger charge is 2.50. The third-order valence-electron chi connectivity index (χ3n) is 5.04. The topological polar surface area (TPSA) is 277 Å². The highest BCUT2D eigenvalue weighted by atomic mass is 31.3. The van der Waals surface area contributed by atoms with Crippen LogP contribution < -0.4 is 11.2 Å². The van der Waals surface area contributed by atoms with Gasteiger partial charge in [-0.1, -0.05) is 0 Å². The number of aromatic amines is 1. The fourth-order valence-corrected chi connectivity index (χ4v) is 5.51. The second kappa shape index (κ2) is 10.6. The third-order valence-corrected chi connectivity index (χ3v) is 7.64. The van der Waals surface area contributed by atoms with E-state index in [0.717, 1.165) is 16.8 Å². The first kappa shape index (κ1) is 28.2. The number of aliphatic hydroxyl groups excluding tert-OH is 5. The Hall–Kier alpha value is -1.34. The van der Waals surface area contributed by atoms with Crippen molar-refractivity contribution in [1.82, 2.24) is 9.55 Å². The molecular formula is C15H24N2O16P2. The van der Waals surface area contributed by atoms with Gasteiger partial charge in [-0.2, -0.15) is 4.31 Å². The lowest BCUT2D eigenvalue weighted by atomic mass is 10.1. The number of hydrogen-bond donors (Lipinski definition) is 8. The summed E-state index contributed by atoms with van der Waals surface area (Å²) in [6, 6.07) is 0.940. The molecule has 3 heterocycles. The number of nitrogens with zero attached hydrogens (tertiary/aromatic N) is 1. The lowest BCUT2D eigenvalue weighted by Gasteiger charge is -2.22. The van der Waals surface area contributed by atoms with Crippen molar-refractivity contribution < 1.29 is 67.3 Å². The summed E-state index contributed by atoms with van der Waals surface area (Å²) in [6.45, 7) is 0.203. The smallest absolute Gasteiger partial charge is 0.391 e. The summed E-state index contributed by atoms with van der Waals surface area (Å²) in [7, 11) is -10.9. The van der Waals surface area contributed by atoms with Crippen LogP contribution in [0.5, 0.6) is 0 Å². The monoisotopic (exact) mass is 550 g/mol. The first-order valence-electron chi connectivity index (χ1n) is 9.84. The minimum atomic E-state index is -5.49. The summed E-state index contributed by atoms with van der Waals surface area (Å²) >= 11 is 0. The number of ether oxygens (including phenoxy) is 2. The van der Waals surface area contributed by atoms with Gasteiger partial charge in [0.2, 0.25) is 0 Å². The third kappa shape index (κ3) is 6.51. The van der Waals surface area contributed by atoms with Gasteiger partial charge in [0.05, 0.1) is 12.7 Å². The van der Waals surface area contributed by atoms with E-state index in [-0.39, 0.29) is 0 Å². The lowest BCUT2D eigenvalue weighted by molar-refractivity contribution is -0.136. The molecule has 11 atom stereocenters. The molecule has 2 fully saturated rings. The number of aliphatic hydroxyl groups is 5. The van der Waals surface area contributed by atoms with Gasteiger partial charge < -0.3 is 44.8 Å². The van der Waals surface area contributed by atoms with E-state index in [1.165, 1.54) is 6.92 Å². The molecule has 0 spiro atoms. The Labute approximate surface area is 195 Å². The zero-order valence-electron chi connectivity index (χ0n) is 17.7. The maximum Gasteiger partial charge on any atom is 0.483 e. The molecule has 8 N–H and O–H groups in total. The molecule has 1 aromatic heterocycles. The second-order valence-corrected chi connectivity index (χ2v) is 10.7. The largest absolute Gasteiger partial charge is 0.483 e. The molecule has 2 aliphatic rings.